The van der Waals surface area contributed by atoms with E-state index in [0.29, 0.717) is 51.6 Å². The largest absolute Gasteiger partial charge is 0.446 e. The van der Waals surface area contributed by atoms with Crippen molar-refractivity contribution in [2.75, 3.05) is 52.8 Å². The minimum Gasteiger partial charge on any atom is -0.446 e. The molecule has 1 amide bonds. The Hall–Kier alpha value is -1.15. The van der Waals surface area contributed by atoms with Crippen LogP contribution in [-0.2, 0) is 18.9 Å². The summed E-state index contributed by atoms with van der Waals surface area (Å²) in [7, 11) is 0. The van der Waals surface area contributed by atoms with Crippen LogP contribution in [0.1, 0.15) is 105 Å². The van der Waals surface area contributed by atoms with Crippen molar-refractivity contribution in [3.63, 3.8) is 0 Å². The first-order valence-electron chi connectivity index (χ1n) is 17.7. The lowest BCUT2D eigenvalue weighted by Gasteiger charge is -2.58. The Morgan fingerprint density at radius 1 is 0.930 bits per heavy atom. The topological polar surface area (TPSA) is 86.3 Å². The molecule has 0 aromatic carbocycles. The average Bonchev–Trinajstić information content (AvgIpc) is 3.33. The van der Waals surface area contributed by atoms with Crippen LogP contribution in [0.2, 0.25) is 0 Å². The first-order valence-corrected chi connectivity index (χ1v) is 17.7. The quantitative estimate of drug-likeness (QED) is 0.135. The molecule has 7 nitrogen and oxygen atoms in total. The van der Waals surface area contributed by atoms with Gasteiger partial charge >= 0.3 is 6.09 Å². The summed E-state index contributed by atoms with van der Waals surface area (Å²) in [5.41, 5.74) is 2.34. The molecule has 43 heavy (non-hydrogen) atoms. The van der Waals surface area contributed by atoms with E-state index in [1.165, 1.54) is 51.4 Å². The predicted molar refractivity (Wildman–Crippen MR) is 171 cm³/mol. The number of aliphatic hydroxyl groups excluding tert-OH is 1. The fraction of sp³-hybridized carbons (Fsp3) is 0.917. The van der Waals surface area contributed by atoms with Gasteiger partial charge in [-0.3, -0.25) is 0 Å². The third-order valence-electron chi connectivity index (χ3n) is 12.0. The van der Waals surface area contributed by atoms with Crippen molar-refractivity contribution in [3.8, 4) is 0 Å². The molecule has 0 aliphatic heterocycles. The molecule has 8 atom stereocenters. The summed E-state index contributed by atoms with van der Waals surface area (Å²) >= 11 is 0. The Balaban J connectivity index is 1.19. The lowest BCUT2D eigenvalue weighted by Crippen LogP contribution is -2.51. The van der Waals surface area contributed by atoms with Crippen molar-refractivity contribution in [1.29, 1.82) is 0 Å². The normalized spacial score (nSPS) is 34.2. The number of allylic oxidation sites excluding steroid dienone is 1. The van der Waals surface area contributed by atoms with Crippen LogP contribution < -0.4 is 5.32 Å². The zero-order chi connectivity index (χ0) is 30.9. The van der Waals surface area contributed by atoms with Crippen LogP contribution in [0.4, 0.5) is 4.79 Å². The van der Waals surface area contributed by atoms with Gasteiger partial charge in [0.1, 0.15) is 6.10 Å². The van der Waals surface area contributed by atoms with Crippen molar-refractivity contribution in [2.45, 2.75) is 111 Å². The zero-order valence-electron chi connectivity index (χ0n) is 28.0. The molecule has 0 aromatic rings. The predicted octanol–water partition coefficient (Wildman–Crippen LogP) is 7.16. The van der Waals surface area contributed by atoms with Crippen molar-refractivity contribution in [1.82, 2.24) is 5.32 Å². The number of hydrogen-bond donors (Lipinski definition) is 2. The van der Waals surface area contributed by atoms with E-state index in [1.54, 1.807) is 5.57 Å². The van der Waals surface area contributed by atoms with Gasteiger partial charge in [0.05, 0.1) is 46.2 Å². The Morgan fingerprint density at radius 3 is 2.37 bits per heavy atom. The summed E-state index contributed by atoms with van der Waals surface area (Å²) in [5.74, 6) is 5.05. The second-order valence-electron chi connectivity index (χ2n) is 15.0. The highest BCUT2D eigenvalue weighted by atomic mass is 16.6. The van der Waals surface area contributed by atoms with E-state index in [4.69, 9.17) is 24.1 Å². The molecule has 0 bridgehead atoms. The third-order valence-corrected chi connectivity index (χ3v) is 12.0. The van der Waals surface area contributed by atoms with Gasteiger partial charge in [0.2, 0.25) is 0 Å². The number of amides is 1. The number of rotatable bonds is 17. The van der Waals surface area contributed by atoms with Gasteiger partial charge in [-0.2, -0.15) is 0 Å². The number of carbonyl (C=O) groups is 1. The molecular formula is C36H63NO6. The molecule has 4 rings (SSSR count). The Kier molecular flexibility index (Phi) is 13.3. The molecule has 4 aliphatic rings. The molecule has 8 unspecified atom stereocenters. The lowest BCUT2D eigenvalue weighted by molar-refractivity contribution is -0.0581. The van der Waals surface area contributed by atoms with Crippen LogP contribution in [0.25, 0.3) is 0 Å². The van der Waals surface area contributed by atoms with Crippen molar-refractivity contribution >= 4 is 6.09 Å². The Bertz CT molecular complexity index is 893. The van der Waals surface area contributed by atoms with Crippen LogP contribution in [0.5, 0.6) is 0 Å². The van der Waals surface area contributed by atoms with Gasteiger partial charge in [0.15, 0.2) is 0 Å². The van der Waals surface area contributed by atoms with Gasteiger partial charge in [0.25, 0.3) is 0 Å². The van der Waals surface area contributed by atoms with E-state index in [1.807, 2.05) is 0 Å². The molecule has 3 fully saturated rings. The van der Waals surface area contributed by atoms with Crippen LogP contribution in [-0.4, -0.2) is 70.1 Å². The van der Waals surface area contributed by atoms with Crippen LogP contribution >= 0.6 is 0 Å². The maximum Gasteiger partial charge on any atom is 0.407 e. The second-order valence-corrected chi connectivity index (χ2v) is 15.0. The fourth-order valence-electron chi connectivity index (χ4n) is 9.78. The number of nitrogens with one attached hydrogen (secondary N) is 1. The third kappa shape index (κ3) is 8.77. The molecule has 2 N–H and O–H groups in total. The Morgan fingerprint density at radius 2 is 1.65 bits per heavy atom. The molecule has 3 saturated carbocycles. The fourth-order valence-corrected chi connectivity index (χ4v) is 9.78. The smallest absolute Gasteiger partial charge is 0.407 e. The summed E-state index contributed by atoms with van der Waals surface area (Å²) in [4.78, 5) is 12.5. The van der Waals surface area contributed by atoms with Gasteiger partial charge in [-0.15, -0.1) is 0 Å². The minimum absolute atomic E-state index is 0.0240. The summed E-state index contributed by atoms with van der Waals surface area (Å²) in [6, 6.07) is 0. The van der Waals surface area contributed by atoms with E-state index in [-0.39, 0.29) is 24.2 Å². The van der Waals surface area contributed by atoms with E-state index >= 15 is 0 Å². The number of hydrogen-bond acceptors (Lipinski definition) is 6. The van der Waals surface area contributed by atoms with Gasteiger partial charge in [-0.1, -0.05) is 65.5 Å². The molecule has 0 spiro atoms. The highest BCUT2D eigenvalue weighted by molar-refractivity contribution is 5.67. The van der Waals surface area contributed by atoms with Crippen LogP contribution in [0.15, 0.2) is 11.6 Å². The molecule has 7 heteroatoms. The second kappa shape index (κ2) is 16.4. The molecule has 248 valence electrons. The highest BCUT2D eigenvalue weighted by Crippen LogP contribution is 2.67. The number of alkyl carbamates (subject to hydrolysis) is 1. The van der Waals surface area contributed by atoms with E-state index in [9.17, 15) is 4.79 Å². The van der Waals surface area contributed by atoms with Gasteiger partial charge < -0.3 is 29.4 Å². The summed E-state index contributed by atoms with van der Waals surface area (Å²) < 4.78 is 22.0. The number of carbonyl (C=O) groups excluding carboxylic acids is 1. The highest BCUT2D eigenvalue weighted by Gasteiger charge is 2.59. The summed E-state index contributed by atoms with van der Waals surface area (Å²) in [5, 5.41) is 11.5. The van der Waals surface area contributed by atoms with Gasteiger partial charge in [-0.25, -0.2) is 4.79 Å². The molecule has 0 aromatic heterocycles. The lowest BCUT2D eigenvalue weighted by atomic mass is 9.47. The minimum atomic E-state index is -0.336. The first kappa shape index (κ1) is 34.7. The zero-order valence-corrected chi connectivity index (χ0v) is 28.0. The van der Waals surface area contributed by atoms with E-state index in [2.05, 4.69) is 46.0 Å². The van der Waals surface area contributed by atoms with Gasteiger partial charge in [0, 0.05) is 13.0 Å². The summed E-state index contributed by atoms with van der Waals surface area (Å²) in [6.45, 7) is 15.6. The van der Waals surface area contributed by atoms with Crippen LogP contribution in [0.3, 0.4) is 0 Å². The number of ether oxygens (including phenoxy) is 4. The van der Waals surface area contributed by atoms with Crippen molar-refractivity contribution in [2.24, 2.45) is 46.3 Å². The number of aliphatic hydroxyl groups is 1. The van der Waals surface area contributed by atoms with Crippen molar-refractivity contribution < 1.29 is 28.8 Å². The number of fused-ring (bicyclic) bond motifs is 5. The van der Waals surface area contributed by atoms with Crippen LogP contribution in [0, 0.1) is 46.3 Å². The maximum atomic E-state index is 12.5. The van der Waals surface area contributed by atoms with Crippen molar-refractivity contribution in [3.05, 3.63) is 11.6 Å². The maximum absolute atomic E-state index is 12.5. The standard InChI is InChI=1S/C36H63NO6/c1-26(2)7-6-8-27(3)31-11-12-32-30-10-9-28-25-29(13-15-35(28,4)33(30)14-16-36(31,32)5)43-34(39)37-17-19-40-21-23-42-24-22-41-20-18-38/h9,26-27,29-33,38H,6-8,10-25H2,1-5H3,(H,37,39). The monoisotopic (exact) mass is 605 g/mol. The van der Waals surface area contributed by atoms with E-state index < -0.39 is 0 Å². The molecule has 0 radical (unpaired) electrons. The molecule has 0 heterocycles. The molecular weight excluding hydrogens is 542 g/mol. The first-order chi connectivity index (χ1) is 20.7. The van der Waals surface area contributed by atoms with Gasteiger partial charge in [-0.05, 0) is 91.3 Å². The molecule has 4 aliphatic carbocycles. The Labute approximate surface area is 262 Å². The average molecular weight is 606 g/mol. The summed E-state index contributed by atoms with van der Waals surface area (Å²) in [6.07, 6.45) is 16.2. The molecule has 0 saturated heterocycles. The SMILES string of the molecule is CC(C)CCCC(C)C1CCC2C3CC=C4CC(OC(=O)NCCOCCOCCOCCO)CCC4(C)C3CCC12C. The van der Waals surface area contributed by atoms with E-state index in [0.717, 1.165) is 54.8 Å².